The zero-order valence-corrected chi connectivity index (χ0v) is 8.56. The van der Waals surface area contributed by atoms with Crippen molar-refractivity contribution in [3.63, 3.8) is 0 Å². The molecule has 0 amide bonds. The summed E-state index contributed by atoms with van der Waals surface area (Å²) in [6, 6.07) is -0.293. The van der Waals surface area contributed by atoms with E-state index in [1.54, 1.807) is 6.92 Å². The maximum Gasteiger partial charge on any atom is 0.422 e. The van der Waals surface area contributed by atoms with Gasteiger partial charge in [-0.15, -0.1) is 11.6 Å². The number of aryl methyl sites for hydroxylation is 1. The van der Waals surface area contributed by atoms with Gasteiger partial charge in [0.05, 0.1) is 5.88 Å². The van der Waals surface area contributed by atoms with Crippen LogP contribution in [-0.4, -0.2) is 22.8 Å². The molecule has 0 aliphatic rings. The molecular weight excluding hydrogens is 233 g/mol. The molecule has 7 heteroatoms. The van der Waals surface area contributed by atoms with E-state index in [1.165, 1.54) is 6.20 Å². The molecule has 0 N–H and O–H groups in total. The number of ether oxygens (including phenoxy) is 1. The zero-order chi connectivity index (χ0) is 11.5. The number of hydrogen-bond acceptors (Lipinski definition) is 3. The third-order valence-corrected chi connectivity index (χ3v) is 1.86. The van der Waals surface area contributed by atoms with Gasteiger partial charge in [-0.05, 0) is 6.92 Å². The molecule has 15 heavy (non-hydrogen) atoms. The summed E-state index contributed by atoms with van der Waals surface area (Å²) in [4.78, 5) is 7.32. The molecular formula is C8H8ClF3N2O. The van der Waals surface area contributed by atoms with Gasteiger partial charge in [-0.25, -0.2) is 9.97 Å². The molecule has 0 saturated carbocycles. The number of alkyl halides is 4. The summed E-state index contributed by atoms with van der Waals surface area (Å²) in [5.74, 6) is 0.214. The molecule has 3 nitrogen and oxygen atoms in total. The maximum atomic E-state index is 11.8. The minimum absolute atomic E-state index is 0.214. The molecule has 0 aliphatic heterocycles. The summed E-state index contributed by atoms with van der Waals surface area (Å²) < 4.78 is 39.7. The minimum atomic E-state index is -4.39. The third-order valence-electron chi connectivity index (χ3n) is 1.57. The van der Waals surface area contributed by atoms with Gasteiger partial charge in [0.1, 0.15) is 0 Å². The summed E-state index contributed by atoms with van der Waals surface area (Å²) in [6.45, 7) is 0.229. The van der Waals surface area contributed by atoms with Crippen molar-refractivity contribution in [3.8, 4) is 6.01 Å². The van der Waals surface area contributed by atoms with E-state index in [2.05, 4.69) is 14.7 Å². The average Bonchev–Trinajstić information content (AvgIpc) is 2.14. The van der Waals surface area contributed by atoms with Crippen LogP contribution in [0.4, 0.5) is 13.2 Å². The van der Waals surface area contributed by atoms with Crippen LogP contribution in [0.25, 0.3) is 0 Å². The van der Waals surface area contributed by atoms with E-state index in [0.717, 1.165) is 0 Å². The van der Waals surface area contributed by atoms with Crippen molar-refractivity contribution in [1.29, 1.82) is 0 Å². The largest absolute Gasteiger partial charge is 0.454 e. The number of halogens is 4. The lowest BCUT2D eigenvalue weighted by molar-refractivity contribution is -0.154. The molecule has 0 radical (unpaired) electrons. The van der Waals surface area contributed by atoms with Gasteiger partial charge < -0.3 is 4.74 Å². The van der Waals surface area contributed by atoms with E-state index in [9.17, 15) is 13.2 Å². The highest BCUT2D eigenvalue weighted by molar-refractivity contribution is 6.17. The maximum absolute atomic E-state index is 11.8. The van der Waals surface area contributed by atoms with E-state index < -0.39 is 12.8 Å². The summed E-state index contributed by atoms with van der Waals surface area (Å²) in [6.07, 6.45) is -3.04. The van der Waals surface area contributed by atoms with E-state index in [1.807, 2.05) is 0 Å². The van der Waals surface area contributed by atoms with Crippen molar-refractivity contribution >= 4 is 11.6 Å². The monoisotopic (exact) mass is 240 g/mol. The van der Waals surface area contributed by atoms with Crippen LogP contribution in [0.15, 0.2) is 6.20 Å². The van der Waals surface area contributed by atoms with Gasteiger partial charge >= 0.3 is 12.2 Å². The third kappa shape index (κ3) is 3.91. The first-order valence-corrected chi connectivity index (χ1v) is 4.54. The molecule has 0 spiro atoms. The number of hydrogen-bond donors (Lipinski definition) is 0. The van der Waals surface area contributed by atoms with E-state index in [4.69, 9.17) is 11.6 Å². The molecule has 0 saturated heterocycles. The second-order valence-electron chi connectivity index (χ2n) is 2.80. The average molecular weight is 241 g/mol. The molecule has 0 fully saturated rings. The van der Waals surface area contributed by atoms with Gasteiger partial charge in [0.2, 0.25) is 0 Å². The van der Waals surface area contributed by atoms with Gasteiger partial charge in [0.15, 0.2) is 6.61 Å². The molecule has 1 heterocycles. The second kappa shape index (κ2) is 4.65. The van der Waals surface area contributed by atoms with Gasteiger partial charge in [-0.2, -0.15) is 13.2 Å². The summed E-state index contributed by atoms with van der Waals surface area (Å²) in [5.41, 5.74) is 1.17. The van der Waals surface area contributed by atoms with Gasteiger partial charge in [-0.3, -0.25) is 0 Å². The lowest BCUT2D eigenvalue weighted by atomic mass is 10.3. The first kappa shape index (κ1) is 12.0. The first-order chi connectivity index (χ1) is 6.92. The molecule has 0 aliphatic carbocycles. The van der Waals surface area contributed by atoms with Crippen molar-refractivity contribution in [2.45, 2.75) is 19.0 Å². The Bertz CT molecular complexity index is 343. The lowest BCUT2D eigenvalue weighted by Crippen LogP contribution is -2.20. The van der Waals surface area contributed by atoms with Crippen LogP contribution in [0.1, 0.15) is 11.3 Å². The minimum Gasteiger partial charge on any atom is -0.454 e. The van der Waals surface area contributed by atoms with E-state index >= 15 is 0 Å². The number of rotatable bonds is 3. The molecule has 1 aromatic heterocycles. The Hall–Kier alpha value is -1.04. The van der Waals surface area contributed by atoms with E-state index in [0.29, 0.717) is 11.3 Å². The molecule has 0 unspecified atom stereocenters. The Balaban J connectivity index is 2.68. The van der Waals surface area contributed by atoms with Gasteiger partial charge in [-0.1, -0.05) is 0 Å². The molecule has 0 aromatic carbocycles. The zero-order valence-electron chi connectivity index (χ0n) is 7.81. The van der Waals surface area contributed by atoms with Crippen molar-refractivity contribution in [1.82, 2.24) is 9.97 Å². The van der Waals surface area contributed by atoms with Crippen molar-refractivity contribution < 1.29 is 17.9 Å². The highest BCUT2D eigenvalue weighted by atomic mass is 35.5. The predicted octanol–water partition coefficient (Wildman–Crippen LogP) is 2.46. The highest BCUT2D eigenvalue weighted by Gasteiger charge is 2.28. The quantitative estimate of drug-likeness (QED) is 0.762. The Kier molecular flexibility index (Phi) is 3.73. The summed E-state index contributed by atoms with van der Waals surface area (Å²) in [7, 11) is 0. The molecule has 1 rings (SSSR count). The van der Waals surface area contributed by atoms with Crippen molar-refractivity contribution in [3.05, 3.63) is 17.5 Å². The molecule has 84 valence electrons. The van der Waals surface area contributed by atoms with Crippen LogP contribution in [-0.2, 0) is 5.88 Å². The van der Waals surface area contributed by atoms with Gasteiger partial charge in [0, 0.05) is 17.5 Å². The van der Waals surface area contributed by atoms with E-state index in [-0.39, 0.29) is 11.9 Å². The Morgan fingerprint density at radius 1 is 1.47 bits per heavy atom. The SMILES string of the molecule is Cc1nc(OCC(F)(F)F)ncc1CCl. The van der Waals surface area contributed by atoms with Crippen molar-refractivity contribution in [2.24, 2.45) is 0 Å². The number of nitrogens with zero attached hydrogens (tertiary/aromatic N) is 2. The summed E-state index contributed by atoms with van der Waals surface area (Å²) in [5, 5.41) is 0. The van der Waals surface area contributed by atoms with Crippen LogP contribution in [0.3, 0.4) is 0 Å². The summed E-state index contributed by atoms with van der Waals surface area (Å²) >= 11 is 5.53. The predicted molar refractivity (Wildman–Crippen MR) is 47.9 cm³/mol. The van der Waals surface area contributed by atoms with Crippen LogP contribution in [0.5, 0.6) is 6.01 Å². The normalized spacial score (nSPS) is 11.5. The lowest BCUT2D eigenvalue weighted by Gasteiger charge is -2.08. The smallest absolute Gasteiger partial charge is 0.422 e. The van der Waals surface area contributed by atoms with Crippen molar-refractivity contribution in [2.75, 3.05) is 6.61 Å². The Morgan fingerprint density at radius 3 is 2.60 bits per heavy atom. The van der Waals surface area contributed by atoms with Crippen LogP contribution < -0.4 is 4.74 Å². The molecule has 1 aromatic rings. The fraction of sp³-hybridized carbons (Fsp3) is 0.500. The Morgan fingerprint density at radius 2 is 2.13 bits per heavy atom. The van der Waals surface area contributed by atoms with Crippen LogP contribution in [0, 0.1) is 6.92 Å². The fourth-order valence-corrected chi connectivity index (χ4v) is 1.08. The van der Waals surface area contributed by atoms with Crippen LogP contribution in [0.2, 0.25) is 0 Å². The van der Waals surface area contributed by atoms with Crippen LogP contribution >= 0.6 is 11.6 Å². The molecule has 0 bridgehead atoms. The molecule has 0 atom stereocenters. The highest BCUT2D eigenvalue weighted by Crippen LogP contribution is 2.17. The fourth-order valence-electron chi connectivity index (χ4n) is 0.818. The Labute approximate surface area is 89.2 Å². The first-order valence-electron chi connectivity index (χ1n) is 4.00. The van der Waals surface area contributed by atoms with Gasteiger partial charge in [0.25, 0.3) is 0 Å². The topological polar surface area (TPSA) is 35.0 Å². The second-order valence-corrected chi connectivity index (χ2v) is 3.07. The number of aromatic nitrogens is 2. The standard InChI is InChI=1S/C8H8ClF3N2O/c1-5-6(2-9)3-13-7(14-5)15-4-8(10,11)12/h3H,2,4H2,1H3.